The van der Waals surface area contributed by atoms with Crippen LogP contribution in [0.1, 0.15) is 13.8 Å². The number of benzene rings is 1. The van der Waals surface area contributed by atoms with E-state index in [1.54, 1.807) is 6.20 Å². The van der Waals surface area contributed by atoms with Crippen molar-refractivity contribution in [1.29, 1.82) is 0 Å². The van der Waals surface area contributed by atoms with E-state index in [0.717, 1.165) is 11.1 Å². The predicted molar refractivity (Wildman–Crippen MR) is 73.4 cm³/mol. The van der Waals surface area contributed by atoms with Gasteiger partial charge in [0.15, 0.2) is 0 Å². The van der Waals surface area contributed by atoms with Gasteiger partial charge in [0.1, 0.15) is 5.75 Å². The largest absolute Gasteiger partial charge is 0.593 e. The molecule has 1 atom stereocenters. The molecule has 2 rings (SSSR count). The first-order chi connectivity index (χ1) is 8.66. The fourth-order valence-corrected chi connectivity index (χ4v) is 2.63. The third-order valence-electron chi connectivity index (χ3n) is 2.35. The molecule has 1 heterocycles. The quantitative estimate of drug-likeness (QED) is 0.843. The lowest BCUT2D eigenvalue weighted by Crippen LogP contribution is -2.20. The van der Waals surface area contributed by atoms with Crippen molar-refractivity contribution in [3.63, 3.8) is 0 Å². The first-order valence-corrected chi connectivity index (χ1v) is 7.14. The highest BCUT2D eigenvalue weighted by Crippen LogP contribution is 2.28. The fraction of sp³-hybridized carbons (Fsp3) is 0.308. The summed E-state index contributed by atoms with van der Waals surface area (Å²) in [6, 6.07) is 9.75. The van der Waals surface area contributed by atoms with Gasteiger partial charge in [-0.05, 0) is 5.56 Å². The molecule has 0 aliphatic carbocycles. The second kappa shape index (κ2) is 5.93. The Morgan fingerprint density at radius 1 is 1.33 bits per heavy atom. The highest BCUT2D eigenvalue weighted by atomic mass is 32.2. The molecule has 0 spiro atoms. The van der Waals surface area contributed by atoms with Crippen LogP contribution in [-0.2, 0) is 11.4 Å². The van der Waals surface area contributed by atoms with E-state index in [4.69, 9.17) is 4.52 Å². The lowest BCUT2D eigenvalue weighted by Gasteiger charge is -2.12. The molecule has 96 valence electrons. The molecule has 1 N–H and O–H groups in total. The maximum absolute atomic E-state index is 11.8. The van der Waals surface area contributed by atoms with Crippen LogP contribution in [0.4, 0.5) is 5.88 Å². The van der Waals surface area contributed by atoms with Crippen LogP contribution in [0.3, 0.4) is 0 Å². The van der Waals surface area contributed by atoms with Gasteiger partial charge in [-0.2, -0.15) is 4.72 Å². The minimum atomic E-state index is -1.15. The summed E-state index contributed by atoms with van der Waals surface area (Å²) in [5.74, 6) is 1.40. The van der Waals surface area contributed by atoms with Crippen LogP contribution in [0.5, 0.6) is 0 Å². The molecule has 4 nitrogen and oxygen atoms in total. The molecule has 0 amide bonds. The highest BCUT2D eigenvalue weighted by molar-refractivity contribution is 7.92. The van der Waals surface area contributed by atoms with Crippen molar-refractivity contribution in [2.75, 3.05) is 10.5 Å². The van der Waals surface area contributed by atoms with E-state index in [1.807, 2.05) is 44.2 Å². The Morgan fingerprint density at radius 2 is 2.06 bits per heavy atom. The number of aromatic nitrogens is 1. The zero-order chi connectivity index (χ0) is 13.0. The Labute approximate surface area is 110 Å². The van der Waals surface area contributed by atoms with E-state index in [-0.39, 0.29) is 0 Å². The smallest absolute Gasteiger partial charge is 0.273 e. The summed E-state index contributed by atoms with van der Waals surface area (Å²) in [5, 5.41) is 3.76. The second-order valence-corrected chi connectivity index (χ2v) is 5.67. The van der Waals surface area contributed by atoms with Gasteiger partial charge in [-0.3, -0.25) is 0 Å². The molecular formula is C13H16N2O2S. The summed E-state index contributed by atoms with van der Waals surface area (Å²) in [5.41, 5.74) is 1.82. The number of nitrogens with one attached hydrogen (secondary N) is 1. The van der Waals surface area contributed by atoms with Crippen LogP contribution in [0.2, 0.25) is 0 Å². The van der Waals surface area contributed by atoms with Crippen LogP contribution in [0.15, 0.2) is 41.1 Å². The van der Waals surface area contributed by atoms with E-state index in [2.05, 4.69) is 9.88 Å². The first kappa shape index (κ1) is 13.0. The Kier molecular flexibility index (Phi) is 4.28. The Bertz CT molecular complexity index is 485. The van der Waals surface area contributed by atoms with Crippen molar-refractivity contribution in [2.24, 2.45) is 5.92 Å². The first-order valence-electron chi connectivity index (χ1n) is 5.82. The Hall–Kier alpha value is -1.46. The van der Waals surface area contributed by atoms with Crippen molar-refractivity contribution in [3.8, 4) is 11.1 Å². The van der Waals surface area contributed by atoms with Gasteiger partial charge in [0.05, 0.1) is 23.1 Å². The van der Waals surface area contributed by atoms with Crippen LogP contribution >= 0.6 is 0 Å². The number of nitrogens with zero attached hydrogens (tertiary/aromatic N) is 1. The maximum atomic E-state index is 11.8. The summed E-state index contributed by atoms with van der Waals surface area (Å²) in [6.07, 6.45) is 1.63. The van der Waals surface area contributed by atoms with Crippen molar-refractivity contribution < 1.29 is 9.08 Å². The summed E-state index contributed by atoms with van der Waals surface area (Å²) in [7, 11) is 0. The van der Waals surface area contributed by atoms with Crippen LogP contribution < -0.4 is 4.72 Å². The molecule has 2 aromatic rings. The predicted octanol–water partition coefficient (Wildman–Crippen LogP) is 3.07. The molecule has 0 aliphatic heterocycles. The molecule has 1 aromatic heterocycles. The topological polar surface area (TPSA) is 61.1 Å². The summed E-state index contributed by atoms with van der Waals surface area (Å²) in [6.45, 7) is 4.05. The number of hydrogen-bond acceptors (Lipinski definition) is 4. The molecule has 1 aromatic carbocycles. The van der Waals surface area contributed by atoms with Gasteiger partial charge >= 0.3 is 0 Å². The Morgan fingerprint density at radius 3 is 2.72 bits per heavy atom. The summed E-state index contributed by atoms with van der Waals surface area (Å²) < 4.78 is 19.8. The molecular weight excluding hydrogens is 248 g/mol. The molecule has 0 saturated carbocycles. The van der Waals surface area contributed by atoms with Crippen LogP contribution in [-0.4, -0.2) is 15.5 Å². The average molecular weight is 264 g/mol. The van der Waals surface area contributed by atoms with Crippen molar-refractivity contribution in [2.45, 2.75) is 13.8 Å². The second-order valence-electron chi connectivity index (χ2n) is 4.44. The molecule has 5 heteroatoms. The van der Waals surface area contributed by atoms with Gasteiger partial charge in [-0.25, -0.2) is 0 Å². The Balaban J connectivity index is 2.14. The lowest BCUT2D eigenvalue weighted by molar-refractivity contribution is 0.435. The van der Waals surface area contributed by atoms with E-state index in [0.29, 0.717) is 17.6 Å². The van der Waals surface area contributed by atoms with Crippen LogP contribution in [0, 0.1) is 5.92 Å². The molecule has 0 bridgehead atoms. The van der Waals surface area contributed by atoms with Crippen molar-refractivity contribution in [3.05, 3.63) is 36.5 Å². The molecule has 0 saturated heterocycles. The van der Waals surface area contributed by atoms with Gasteiger partial charge in [-0.15, -0.1) is 0 Å². The number of anilines is 1. The summed E-state index contributed by atoms with van der Waals surface area (Å²) in [4.78, 5) is 0. The average Bonchev–Trinajstić information content (AvgIpc) is 2.77. The van der Waals surface area contributed by atoms with E-state index in [9.17, 15) is 4.55 Å². The minimum absolute atomic E-state index is 0.362. The van der Waals surface area contributed by atoms with Crippen molar-refractivity contribution >= 4 is 17.2 Å². The molecule has 1 unspecified atom stereocenters. The zero-order valence-electron chi connectivity index (χ0n) is 10.4. The standard InChI is InChI=1S/C13H16N2O2S/c1-10(2)9-18(16)15-13-12(8-14-17-13)11-6-4-3-5-7-11/h3-8,10,15H,9H2,1-2H3. The van der Waals surface area contributed by atoms with Crippen LogP contribution in [0.25, 0.3) is 11.1 Å². The fourth-order valence-electron chi connectivity index (χ4n) is 1.58. The van der Waals surface area contributed by atoms with Gasteiger partial charge < -0.3 is 9.08 Å². The lowest BCUT2D eigenvalue weighted by atomic mass is 10.1. The third kappa shape index (κ3) is 3.27. The molecule has 0 fully saturated rings. The van der Waals surface area contributed by atoms with Gasteiger partial charge in [0, 0.05) is 5.92 Å². The summed E-state index contributed by atoms with van der Waals surface area (Å²) >= 11 is -1.15. The van der Waals surface area contributed by atoms with Gasteiger partial charge in [0.2, 0.25) is 0 Å². The number of hydrogen-bond donors (Lipinski definition) is 1. The molecule has 0 radical (unpaired) electrons. The zero-order valence-corrected chi connectivity index (χ0v) is 11.2. The van der Waals surface area contributed by atoms with E-state index in [1.165, 1.54) is 0 Å². The SMILES string of the molecule is CC(C)C[S+]([O-])Nc1oncc1-c1ccccc1. The molecule has 18 heavy (non-hydrogen) atoms. The molecule has 0 aliphatic rings. The highest BCUT2D eigenvalue weighted by Gasteiger charge is 2.17. The van der Waals surface area contributed by atoms with Crippen molar-refractivity contribution in [1.82, 2.24) is 5.16 Å². The van der Waals surface area contributed by atoms with E-state index < -0.39 is 11.4 Å². The monoisotopic (exact) mass is 264 g/mol. The third-order valence-corrected chi connectivity index (χ3v) is 3.73. The number of rotatable bonds is 5. The van der Waals surface area contributed by atoms with Gasteiger partial charge in [-0.1, -0.05) is 49.3 Å². The minimum Gasteiger partial charge on any atom is -0.593 e. The maximum Gasteiger partial charge on any atom is 0.273 e. The van der Waals surface area contributed by atoms with Gasteiger partial charge in [0.25, 0.3) is 5.88 Å². The normalized spacial score (nSPS) is 12.7. The van der Waals surface area contributed by atoms with E-state index >= 15 is 0 Å².